The van der Waals surface area contributed by atoms with Crippen LogP contribution in [0.25, 0.3) is 0 Å². The van der Waals surface area contributed by atoms with Crippen LogP contribution in [-0.2, 0) is 15.7 Å². The van der Waals surface area contributed by atoms with Gasteiger partial charge in [-0.05, 0) is 0 Å². The van der Waals surface area contributed by atoms with Crippen molar-refractivity contribution in [1.29, 1.82) is 0 Å². The second-order valence-electron chi connectivity index (χ2n) is 2.55. The van der Waals surface area contributed by atoms with E-state index < -0.39 is 15.7 Å². The van der Waals surface area contributed by atoms with Gasteiger partial charge >= 0.3 is 77.3 Å². The van der Waals surface area contributed by atoms with E-state index in [-0.39, 0.29) is 3.46 Å². The Balaban J connectivity index is 2.84. The molecule has 0 saturated heterocycles. The van der Waals surface area contributed by atoms with E-state index in [1.165, 1.54) is 13.8 Å². The summed E-state index contributed by atoms with van der Waals surface area (Å²) in [5.74, 6) is 2.18. The van der Waals surface area contributed by atoms with Crippen molar-refractivity contribution >= 4 is 32.6 Å². The van der Waals surface area contributed by atoms with Crippen molar-refractivity contribution in [1.82, 2.24) is 0 Å². The number of hydrogen-bond acceptors (Lipinski definition) is 0. The van der Waals surface area contributed by atoms with E-state index in [2.05, 4.69) is 25.7 Å². The summed E-state index contributed by atoms with van der Waals surface area (Å²) in [6.45, 7) is 4.23. The third-order valence-corrected chi connectivity index (χ3v) is 9.90. The summed E-state index contributed by atoms with van der Waals surface area (Å²) in [7, 11) is 13.2. The zero-order chi connectivity index (χ0) is 7.78. The van der Waals surface area contributed by atoms with Gasteiger partial charge in [-0.2, -0.15) is 0 Å². The van der Waals surface area contributed by atoms with Gasteiger partial charge in [0, 0.05) is 0 Å². The molecule has 1 unspecified atom stereocenters. The summed E-state index contributed by atoms with van der Waals surface area (Å²) in [6, 6.07) is 0. The zero-order valence-corrected chi connectivity index (χ0v) is 9.83. The topological polar surface area (TPSA) is 0 Å². The second kappa shape index (κ2) is 3.29. The standard InChI is InChI=1S/C6H8P.2ClH.Ti/c1-5-3-6(2)7-4-5;;;/h3-4H,1-2H3;2*1H;/q;;;+2/p-2. The first kappa shape index (κ1) is 9.29. The Morgan fingerprint density at radius 1 is 1.60 bits per heavy atom. The molecule has 10 heavy (non-hydrogen) atoms. The molecular formula is C6H8Cl2PTi. The van der Waals surface area contributed by atoms with Crippen molar-refractivity contribution in [3.8, 4) is 0 Å². The molecule has 1 atom stereocenters. The van der Waals surface area contributed by atoms with Gasteiger partial charge in [-0.3, -0.25) is 0 Å². The molecule has 1 aliphatic heterocycles. The summed E-state index contributed by atoms with van der Waals surface area (Å²) in [6.07, 6.45) is 2.20. The molecule has 0 spiro atoms. The Morgan fingerprint density at radius 2 is 2.20 bits per heavy atom. The summed E-state index contributed by atoms with van der Waals surface area (Å²) in [5, 5.41) is 0. The predicted molar refractivity (Wildman–Crippen MR) is 46.9 cm³/mol. The summed E-state index contributed by atoms with van der Waals surface area (Å²) in [4.78, 5) is 0. The molecule has 4 heteroatoms. The first-order valence-electron chi connectivity index (χ1n) is 2.98. The quantitative estimate of drug-likeness (QED) is 0.478. The van der Waals surface area contributed by atoms with Crippen LogP contribution in [0.4, 0.5) is 0 Å². The molecule has 1 aliphatic rings. The van der Waals surface area contributed by atoms with Gasteiger partial charge in [0.1, 0.15) is 0 Å². The minimum absolute atomic E-state index is 0.118. The van der Waals surface area contributed by atoms with E-state index in [1.807, 2.05) is 0 Å². The molecule has 0 aliphatic carbocycles. The maximum atomic E-state index is 5.95. The molecule has 0 nitrogen and oxygen atoms in total. The molecule has 0 aromatic carbocycles. The first-order valence-corrected chi connectivity index (χ1v) is 9.02. The number of allylic oxidation sites excluding steroid dienone is 2. The number of halogens is 2. The summed E-state index contributed by atoms with van der Waals surface area (Å²) >= 11 is -1.80. The molecular weight excluding hydrogens is 222 g/mol. The van der Waals surface area contributed by atoms with E-state index in [9.17, 15) is 0 Å². The van der Waals surface area contributed by atoms with Crippen LogP contribution >= 0.6 is 26.8 Å². The van der Waals surface area contributed by atoms with E-state index in [0.29, 0.717) is 0 Å². The van der Waals surface area contributed by atoms with E-state index in [0.717, 1.165) is 0 Å². The van der Waals surface area contributed by atoms with Crippen LogP contribution < -0.4 is 0 Å². The van der Waals surface area contributed by atoms with E-state index >= 15 is 0 Å². The average Bonchev–Trinajstić information content (AvgIpc) is 2.13. The van der Waals surface area contributed by atoms with Gasteiger partial charge < -0.3 is 0 Å². The van der Waals surface area contributed by atoms with Gasteiger partial charge in [0.2, 0.25) is 0 Å². The van der Waals surface area contributed by atoms with Gasteiger partial charge in [0.25, 0.3) is 0 Å². The third kappa shape index (κ3) is 1.87. The SMILES string of the molecule is CC1=C[C](C)([Ti]([Cl])[Cl])P=C1. The molecule has 0 radical (unpaired) electrons. The second-order valence-corrected chi connectivity index (χ2v) is 11.0. The van der Waals surface area contributed by atoms with Crippen LogP contribution in [0.5, 0.6) is 0 Å². The molecule has 0 aromatic rings. The first-order chi connectivity index (χ1) is 4.54. The van der Waals surface area contributed by atoms with Crippen molar-refractivity contribution in [3.63, 3.8) is 0 Å². The predicted octanol–water partition coefficient (Wildman–Crippen LogP) is 3.34. The van der Waals surface area contributed by atoms with E-state index in [1.54, 1.807) is 0 Å². The fourth-order valence-corrected chi connectivity index (χ4v) is 4.72. The molecule has 0 amide bonds. The van der Waals surface area contributed by atoms with Gasteiger partial charge in [0.15, 0.2) is 0 Å². The minimum atomic E-state index is -1.80. The molecule has 0 saturated carbocycles. The third-order valence-electron chi connectivity index (χ3n) is 1.43. The van der Waals surface area contributed by atoms with Crippen LogP contribution in [0, 0.1) is 0 Å². The summed E-state index contributed by atoms with van der Waals surface area (Å²) < 4.78 is 0.118. The van der Waals surface area contributed by atoms with Crippen molar-refractivity contribution in [2.75, 3.05) is 0 Å². The van der Waals surface area contributed by atoms with Crippen molar-refractivity contribution < 1.29 is 15.7 Å². The van der Waals surface area contributed by atoms with E-state index in [4.69, 9.17) is 18.6 Å². The Hall–Kier alpha value is 1.20. The number of hydrogen-bond donors (Lipinski definition) is 0. The van der Waals surface area contributed by atoms with Gasteiger partial charge in [-0.1, -0.05) is 0 Å². The van der Waals surface area contributed by atoms with Crippen molar-refractivity contribution in [3.05, 3.63) is 11.6 Å². The maximum absolute atomic E-state index is 5.95. The van der Waals surface area contributed by atoms with Crippen LogP contribution in [0.1, 0.15) is 13.8 Å². The fourth-order valence-electron chi connectivity index (χ4n) is 0.857. The van der Waals surface area contributed by atoms with Crippen molar-refractivity contribution in [2.24, 2.45) is 0 Å². The summed E-state index contributed by atoms with van der Waals surface area (Å²) in [5.41, 5.74) is 1.32. The molecule has 0 aromatic heterocycles. The van der Waals surface area contributed by atoms with Crippen LogP contribution in [0.3, 0.4) is 0 Å². The zero-order valence-electron chi connectivity index (χ0n) is 5.86. The Bertz CT molecular complexity index is 200. The monoisotopic (exact) mass is 229 g/mol. The molecule has 55 valence electrons. The molecule has 0 bridgehead atoms. The van der Waals surface area contributed by atoms with Crippen molar-refractivity contribution in [2.45, 2.75) is 17.3 Å². The van der Waals surface area contributed by atoms with Gasteiger partial charge in [-0.25, -0.2) is 0 Å². The number of rotatable bonds is 1. The Morgan fingerprint density at radius 3 is 2.40 bits per heavy atom. The van der Waals surface area contributed by atoms with Gasteiger partial charge in [0.05, 0.1) is 0 Å². The Labute approximate surface area is 77.0 Å². The average molecular weight is 230 g/mol. The molecule has 1 rings (SSSR count). The Kier molecular flexibility index (Phi) is 3.06. The molecule has 1 heterocycles. The van der Waals surface area contributed by atoms with Crippen LogP contribution in [-0.4, -0.2) is 9.26 Å². The molecule has 0 N–H and O–H groups in total. The van der Waals surface area contributed by atoms with Gasteiger partial charge in [-0.15, -0.1) is 0 Å². The van der Waals surface area contributed by atoms with Crippen LogP contribution in [0.15, 0.2) is 11.6 Å². The van der Waals surface area contributed by atoms with Crippen LogP contribution in [0.2, 0.25) is 0 Å². The fraction of sp³-hybridized carbons (Fsp3) is 0.500. The normalized spacial score (nSPS) is 32.2. The molecule has 0 fully saturated rings.